The Balaban J connectivity index is 2.07. The van der Waals surface area contributed by atoms with Crippen molar-refractivity contribution in [2.45, 2.75) is 44.1 Å². The second kappa shape index (κ2) is 5.37. The molecule has 0 amide bonds. The molecule has 2 atom stereocenters. The zero-order chi connectivity index (χ0) is 14.0. The smallest absolute Gasteiger partial charge is 0.0491 e. The fraction of sp³-hybridized carbons (Fsp3) is 0.389. The fourth-order valence-corrected chi connectivity index (χ4v) is 3.51. The molecule has 104 valence electrons. The molecule has 2 aromatic rings. The van der Waals surface area contributed by atoms with Crippen molar-refractivity contribution < 1.29 is 0 Å². The first-order valence-corrected chi connectivity index (χ1v) is 7.54. The summed E-state index contributed by atoms with van der Waals surface area (Å²) in [4.78, 5) is 4.66. The summed E-state index contributed by atoms with van der Waals surface area (Å²) >= 11 is 0. The largest absolute Gasteiger partial charge is 0.321 e. The van der Waals surface area contributed by atoms with E-state index in [-0.39, 0.29) is 5.54 Å². The maximum absolute atomic E-state index is 6.87. The number of nitrogens with two attached hydrogens (primary N) is 1. The van der Waals surface area contributed by atoms with Crippen molar-refractivity contribution in [2.75, 3.05) is 0 Å². The van der Waals surface area contributed by atoms with Crippen LogP contribution in [0.2, 0.25) is 0 Å². The number of nitrogens with zero attached hydrogens (tertiary/aromatic N) is 1. The Bertz CT molecular complexity index is 579. The summed E-state index contributed by atoms with van der Waals surface area (Å²) in [6.07, 6.45) is 6.29. The van der Waals surface area contributed by atoms with E-state index >= 15 is 0 Å². The third-order valence-electron chi connectivity index (χ3n) is 4.71. The van der Waals surface area contributed by atoms with Gasteiger partial charge in [-0.1, -0.05) is 43.3 Å². The Morgan fingerprint density at radius 3 is 2.75 bits per heavy atom. The average Bonchev–Trinajstić information content (AvgIpc) is 2.54. The Morgan fingerprint density at radius 1 is 1.20 bits per heavy atom. The topological polar surface area (TPSA) is 38.9 Å². The highest BCUT2D eigenvalue weighted by Crippen LogP contribution is 2.43. The molecule has 0 bridgehead atoms. The van der Waals surface area contributed by atoms with Crippen LogP contribution in [0.4, 0.5) is 0 Å². The number of aryl methyl sites for hydroxylation is 1. The first-order valence-electron chi connectivity index (χ1n) is 7.54. The first-order chi connectivity index (χ1) is 9.75. The lowest BCUT2D eigenvalue weighted by molar-refractivity contribution is 0.303. The number of benzene rings is 1. The van der Waals surface area contributed by atoms with Crippen molar-refractivity contribution in [3.63, 3.8) is 0 Å². The van der Waals surface area contributed by atoms with E-state index in [4.69, 9.17) is 5.73 Å². The van der Waals surface area contributed by atoms with Crippen LogP contribution in [0.25, 0.3) is 0 Å². The zero-order valence-corrected chi connectivity index (χ0v) is 12.0. The lowest BCUT2D eigenvalue weighted by Crippen LogP contribution is -2.44. The van der Waals surface area contributed by atoms with Crippen molar-refractivity contribution in [3.8, 4) is 0 Å². The maximum Gasteiger partial charge on any atom is 0.0491 e. The van der Waals surface area contributed by atoms with E-state index < -0.39 is 0 Å². The van der Waals surface area contributed by atoms with Crippen LogP contribution in [0.1, 0.15) is 48.9 Å². The summed E-state index contributed by atoms with van der Waals surface area (Å²) in [6.45, 7) is 2.18. The van der Waals surface area contributed by atoms with Crippen molar-refractivity contribution >= 4 is 0 Å². The van der Waals surface area contributed by atoms with Gasteiger partial charge in [0.05, 0.1) is 0 Å². The van der Waals surface area contributed by atoms with Gasteiger partial charge in [-0.3, -0.25) is 4.98 Å². The predicted octanol–water partition coefficient (Wildman–Crippen LogP) is 3.77. The van der Waals surface area contributed by atoms with Gasteiger partial charge in [0.15, 0.2) is 0 Å². The van der Waals surface area contributed by atoms with Gasteiger partial charge in [0.25, 0.3) is 0 Å². The summed E-state index contributed by atoms with van der Waals surface area (Å²) in [5.74, 6) is 0.319. The van der Waals surface area contributed by atoms with E-state index in [1.165, 1.54) is 23.2 Å². The molecule has 0 fully saturated rings. The van der Waals surface area contributed by atoms with E-state index in [0.717, 1.165) is 19.3 Å². The van der Waals surface area contributed by atoms with Crippen LogP contribution in [0.15, 0.2) is 48.7 Å². The summed E-state index contributed by atoms with van der Waals surface area (Å²) in [5.41, 5.74) is 10.4. The summed E-state index contributed by atoms with van der Waals surface area (Å²) in [6, 6.07) is 14.8. The van der Waals surface area contributed by atoms with Crippen LogP contribution < -0.4 is 5.73 Å². The molecule has 3 rings (SSSR count). The minimum atomic E-state index is -0.315. The van der Waals surface area contributed by atoms with Crippen LogP contribution in [0.5, 0.6) is 0 Å². The maximum atomic E-state index is 6.87. The van der Waals surface area contributed by atoms with Crippen molar-refractivity contribution in [2.24, 2.45) is 5.73 Å². The Kier molecular flexibility index (Phi) is 3.58. The van der Waals surface area contributed by atoms with Gasteiger partial charge in [-0.25, -0.2) is 0 Å². The van der Waals surface area contributed by atoms with Gasteiger partial charge in [0.1, 0.15) is 0 Å². The highest BCUT2D eigenvalue weighted by molar-refractivity contribution is 5.35. The van der Waals surface area contributed by atoms with Gasteiger partial charge in [0.2, 0.25) is 0 Å². The molecule has 1 aromatic carbocycles. The molecule has 1 heterocycles. The van der Waals surface area contributed by atoms with Gasteiger partial charge in [-0.15, -0.1) is 0 Å². The van der Waals surface area contributed by atoms with Crippen LogP contribution in [0.3, 0.4) is 0 Å². The van der Waals surface area contributed by atoms with E-state index in [1.54, 1.807) is 0 Å². The number of fused-ring (bicyclic) bond motifs is 1. The van der Waals surface area contributed by atoms with Crippen LogP contribution in [-0.4, -0.2) is 4.98 Å². The van der Waals surface area contributed by atoms with Crippen LogP contribution in [0, 0.1) is 0 Å². The summed E-state index contributed by atoms with van der Waals surface area (Å²) < 4.78 is 0. The minimum absolute atomic E-state index is 0.315. The second-order valence-electron chi connectivity index (χ2n) is 5.75. The molecule has 2 unspecified atom stereocenters. The average molecular weight is 266 g/mol. The SMILES string of the molecule is CCC(N)(c1ccccc1)C1CCCc2cccnc21. The molecule has 20 heavy (non-hydrogen) atoms. The van der Waals surface area contributed by atoms with Gasteiger partial charge in [-0.2, -0.15) is 0 Å². The predicted molar refractivity (Wildman–Crippen MR) is 82.5 cm³/mol. The lowest BCUT2D eigenvalue weighted by Gasteiger charge is -2.40. The third kappa shape index (κ3) is 2.14. The highest BCUT2D eigenvalue weighted by atomic mass is 14.8. The van der Waals surface area contributed by atoms with E-state index in [2.05, 4.69) is 42.2 Å². The number of aromatic nitrogens is 1. The van der Waals surface area contributed by atoms with Crippen molar-refractivity contribution in [1.29, 1.82) is 0 Å². The third-order valence-corrected chi connectivity index (χ3v) is 4.71. The lowest BCUT2D eigenvalue weighted by atomic mass is 9.69. The molecule has 0 spiro atoms. The minimum Gasteiger partial charge on any atom is -0.321 e. The fourth-order valence-electron chi connectivity index (χ4n) is 3.51. The molecule has 0 radical (unpaired) electrons. The molecule has 0 saturated heterocycles. The Hall–Kier alpha value is -1.67. The van der Waals surface area contributed by atoms with E-state index in [0.29, 0.717) is 5.92 Å². The zero-order valence-electron chi connectivity index (χ0n) is 12.0. The molecule has 1 aliphatic carbocycles. The van der Waals surface area contributed by atoms with Gasteiger partial charge in [-0.05, 0) is 42.9 Å². The Labute approximate surface area is 121 Å². The molecule has 1 aliphatic rings. The van der Waals surface area contributed by atoms with Crippen LogP contribution in [-0.2, 0) is 12.0 Å². The number of rotatable bonds is 3. The quantitative estimate of drug-likeness (QED) is 0.918. The van der Waals surface area contributed by atoms with Crippen molar-refractivity contribution in [1.82, 2.24) is 4.98 Å². The number of hydrogen-bond acceptors (Lipinski definition) is 2. The Morgan fingerprint density at radius 2 is 2.00 bits per heavy atom. The molecule has 1 aromatic heterocycles. The highest BCUT2D eigenvalue weighted by Gasteiger charge is 2.39. The van der Waals surface area contributed by atoms with E-state index in [1.807, 2.05) is 18.3 Å². The van der Waals surface area contributed by atoms with E-state index in [9.17, 15) is 0 Å². The van der Waals surface area contributed by atoms with Gasteiger partial charge < -0.3 is 5.73 Å². The molecule has 2 nitrogen and oxygen atoms in total. The molecular formula is C18H22N2. The molecule has 0 saturated carbocycles. The van der Waals surface area contributed by atoms with Gasteiger partial charge >= 0.3 is 0 Å². The normalized spacial score (nSPS) is 21.0. The van der Waals surface area contributed by atoms with Crippen molar-refractivity contribution in [3.05, 3.63) is 65.5 Å². The summed E-state index contributed by atoms with van der Waals surface area (Å²) in [5, 5.41) is 0. The number of pyridine rings is 1. The van der Waals surface area contributed by atoms with Crippen LogP contribution >= 0.6 is 0 Å². The number of hydrogen-bond donors (Lipinski definition) is 1. The molecule has 2 N–H and O–H groups in total. The second-order valence-corrected chi connectivity index (χ2v) is 5.75. The standard InChI is InChI=1S/C18H22N2/c1-2-18(19,15-10-4-3-5-11-15)16-12-6-8-14-9-7-13-20-17(14)16/h3-5,7,9-11,13,16H,2,6,8,12,19H2,1H3. The van der Waals surface area contributed by atoms with Gasteiger partial charge in [0, 0.05) is 23.3 Å². The monoisotopic (exact) mass is 266 g/mol. The molecular weight excluding hydrogens is 244 g/mol. The molecule has 0 aliphatic heterocycles. The molecule has 2 heteroatoms. The summed E-state index contributed by atoms with van der Waals surface area (Å²) in [7, 11) is 0. The first kappa shape index (κ1) is 13.3.